The maximum Gasteiger partial charge on any atom is 0.264 e. The Morgan fingerprint density at radius 3 is 2.47 bits per heavy atom. The van der Waals surface area contributed by atoms with Gasteiger partial charge in [0.1, 0.15) is 12.3 Å². The van der Waals surface area contributed by atoms with Crippen LogP contribution < -0.4 is 19.1 Å². The number of ether oxygens (including phenoxy) is 2. The van der Waals surface area contributed by atoms with E-state index in [0.29, 0.717) is 17.6 Å². The molecule has 36 heavy (non-hydrogen) atoms. The van der Waals surface area contributed by atoms with E-state index in [1.807, 2.05) is 6.92 Å². The van der Waals surface area contributed by atoms with Gasteiger partial charge in [0.2, 0.25) is 5.91 Å². The summed E-state index contributed by atoms with van der Waals surface area (Å²) in [5.41, 5.74) is 1.75. The molecule has 1 atom stereocenters. The molecular weight excluding hydrogens is 504 g/mol. The first-order valence-electron chi connectivity index (χ1n) is 11.0. The molecule has 0 aliphatic rings. The molecule has 3 aromatic rings. The second-order valence-corrected chi connectivity index (χ2v) is 10.3. The van der Waals surface area contributed by atoms with Gasteiger partial charge in [-0.25, -0.2) is 8.42 Å². The summed E-state index contributed by atoms with van der Waals surface area (Å²) >= 11 is 6.25. The Labute approximate surface area is 215 Å². The number of anilines is 1. The molecule has 0 aliphatic carbocycles. The van der Waals surface area contributed by atoms with Crippen LogP contribution in [0.5, 0.6) is 11.5 Å². The van der Waals surface area contributed by atoms with E-state index in [4.69, 9.17) is 21.1 Å². The maximum atomic E-state index is 13.6. The van der Waals surface area contributed by atoms with Crippen molar-refractivity contribution in [3.05, 3.63) is 82.9 Å². The van der Waals surface area contributed by atoms with Crippen LogP contribution in [0.25, 0.3) is 0 Å². The fraction of sp³-hybridized carbons (Fsp3) is 0.231. The molecule has 10 heteroatoms. The van der Waals surface area contributed by atoms with Crippen molar-refractivity contribution in [3.63, 3.8) is 0 Å². The van der Waals surface area contributed by atoms with E-state index in [1.54, 1.807) is 55.5 Å². The van der Waals surface area contributed by atoms with Crippen LogP contribution >= 0.6 is 11.6 Å². The zero-order valence-corrected chi connectivity index (χ0v) is 21.7. The van der Waals surface area contributed by atoms with Gasteiger partial charge in [0.05, 0.1) is 22.7 Å². The van der Waals surface area contributed by atoms with Crippen LogP contribution in [0.1, 0.15) is 18.1 Å². The summed E-state index contributed by atoms with van der Waals surface area (Å²) < 4.78 is 39.0. The van der Waals surface area contributed by atoms with Crippen LogP contribution in [-0.4, -0.2) is 40.4 Å². The summed E-state index contributed by atoms with van der Waals surface area (Å²) in [6, 6.07) is 17.9. The monoisotopic (exact) mass is 530 g/mol. The third-order valence-corrected chi connectivity index (χ3v) is 7.29. The number of rotatable bonds is 11. The van der Waals surface area contributed by atoms with E-state index in [-0.39, 0.29) is 27.9 Å². The molecular formula is C26H27ClN2O6S. The van der Waals surface area contributed by atoms with E-state index >= 15 is 0 Å². The molecule has 0 heterocycles. The van der Waals surface area contributed by atoms with Crippen LogP contribution in [0.2, 0.25) is 5.02 Å². The first kappa shape index (κ1) is 27.0. The average Bonchev–Trinajstić information content (AvgIpc) is 2.86. The van der Waals surface area contributed by atoms with E-state index in [2.05, 4.69) is 5.32 Å². The molecule has 0 spiro atoms. The van der Waals surface area contributed by atoms with Gasteiger partial charge in [0.25, 0.3) is 10.0 Å². The number of sulfonamides is 1. The van der Waals surface area contributed by atoms with Gasteiger partial charge in [-0.15, -0.1) is 0 Å². The van der Waals surface area contributed by atoms with Crippen molar-refractivity contribution in [2.45, 2.75) is 31.4 Å². The number of amides is 1. The highest BCUT2D eigenvalue weighted by Gasteiger charge is 2.30. The van der Waals surface area contributed by atoms with E-state index in [9.17, 15) is 18.0 Å². The third kappa shape index (κ3) is 6.56. The first-order chi connectivity index (χ1) is 17.1. The Hall–Kier alpha value is -3.56. The van der Waals surface area contributed by atoms with Crippen LogP contribution in [0.4, 0.5) is 5.69 Å². The van der Waals surface area contributed by atoms with Gasteiger partial charge < -0.3 is 14.8 Å². The van der Waals surface area contributed by atoms with Crippen molar-refractivity contribution in [2.24, 2.45) is 0 Å². The van der Waals surface area contributed by atoms with Gasteiger partial charge in [-0.3, -0.25) is 13.9 Å². The number of hydrogen-bond donors (Lipinski definition) is 1. The zero-order chi connectivity index (χ0) is 26.3. The van der Waals surface area contributed by atoms with Crippen LogP contribution in [0.3, 0.4) is 0 Å². The summed E-state index contributed by atoms with van der Waals surface area (Å²) in [5.74, 6) is 0.0747. The minimum atomic E-state index is -4.14. The molecule has 0 bridgehead atoms. The topological polar surface area (TPSA) is 102 Å². The number of methoxy groups -OCH3 is 1. The van der Waals surface area contributed by atoms with Gasteiger partial charge in [0, 0.05) is 6.54 Å². The van der Waals surface area contributed by atoms with Gasteiger partial charge in [0.15, 0.2) is 18.1 Å². The van der Waals surface area contributed by atoms with Crippen molar-refractivity contribution < 1.29 is 27.5 Å². The Morgan fingerprint density at radius 2 is 1.81 bits per heavy atom. The number of nitrogens with zero attached hydrogens (tertiary/aromatic N) is 1. The van der Waals surface area contributed by atoms with Crippen molar-refractivity contribution >= 4 is 39.5 Å². The highest BCUT2D eigenvalue weighted by molar-refractivity contribution is 7.92. The molecule has 0 saturated carbocycles. The first-order valence-corrected chi connectivity index (χ1v) is 12.9. The molecule has 8 nitrogen and oxygen atoms in total. The average molecular weight is 531 g/mol. The van der Waals surface area contributed by atoms with Gasteiger partial charge >= 0.3 is 0 Å². The molecule has 3 aromatic carbocycles. The molecule has 0 aliphatic heterocycles. The highest BCUT2D eigenvalue weighted by atomic mass is 35.5. The predicted octanol–water partition coefficient (Wildman–Crippen LogP) is 4.13. The maximum absolute atomic E-state index is 13.6. The Bertz CT molecular complexity index is 1330. The molecule has 1 N–H and O–H groups in total. The minimum Gasteiger partial charge on any atom is -0.493 e. The summed E-state index contributed by atoms with van der Waals surface area (Å²) in [7, 11) is -2.76. The number of aldehydes is 1. The number of aryl methyl sites for hydroxylation is 1. The van der Waals surface area contributed by atoms with E-state index < -0.39 is 28.6 Å². The van der Waals surface area contributed by atoms with Crippen LogP contribution in [-0.2, 0) is 26.2 Å². The number of carbonyl (C=O) groups excluding carboxylic acids is 2. The Kier molecular flexibility index (Phi) is 8.95. The molecule has 190 valence electrons. The summed E-state index contributed by atoms with van der Waals surface area (Å²) in [4.78, 5) is 23.8. The van der Waals surface area contributed by atoms with E-state index in [0.717, 1.165) is 9.87 Å². The number of carbonyl (C=O) groups is 2. The fourth-order valence-electron chi connectivity index (χ4n) is 3.39. The lowest BCUT2D eigenvalue weighted by atomic mass is 10.2. The molecule has 0 aromatic heterocycles. The zero-order valence-electron chi connectivity index (χ0n) is 20.1. The summed E-state index contributed by atoms with van der Waals surface area (Å²) in [5, 5.41) is 2.94. The van der Waals surface area contributed by atoms with Crippen molar-refractivity contribution in [1.29, 1.82) is 0 Å². The Balaban J connectivity index is 1.87. The van der Waals surface area contributed by atoms with Gasteiger partial charge in [-0.05, 0) is 55.8 Å². The fourth-order valence-corrected chi connectivity index (χ4v) is 5.06. The largest absolute Gasteiger partial charge is 0.493 e. The smallest absolute Gasteiger partial charge is 0.264 e. The quantitative estimate of drug-likeness (QED) is 0.374. The lowest BCUT2D eigenvalue weighted by molar-refractivity contribution is -0.119. The third-order valence-electron chi connectivity index (χ3n) is 5.22. The minimum absolute atomic E-state index is 0.0251. The second kappa shape index (κ2) is 11.9. The van der Waals surface area contributed by atoms with Crippen molar-refractivity contribution in [2.75, 3.05) is 18.0 Å². The number of nitrogens with one attached hydrogen (secondary N) is 1. The standard InChI is InChI=1S/C26H27ClN2O6S/c1-18-10-12-22(13-11-18)36(32,33)29(24-9-5-8-23(27)26(24)34-3)16-25(31)28-15-20-6-4-7-21(14-20)35-19(2)17-30/h4-14,17,19H,15-16H2,1-3H3,(H,28,31)/t19-/m1/s1. The lowest BCUT2D eigenvalue weighted by Gasteiger charge is -2.26. The molecule has 0 fully saturated rings. The molecule has 0 saturated heterocycles. The molecule has 1 amide bonds. The van der Waals surface area contributed by atoms with Gasteiger partial charge in [-0.2, -0.15) is 0 Å². The summed E-state index contributed by atoms with van der Waals surface area (Å²) in [6.07, 6.45) is 0.0739. The number of hydrogen-bond acceptors (Lipinski definition) is 6. The SMILES string of the molecule is COc1c(Cl)cccc1N(CC(=O)NCc1cccc(O[C@H](C)C=O)c1)S(=O)(=O)c1ccc(C)cc1. The van der Waals surface area contributed by atoms with Gasteiger partial charge in [-0.1, -0.05) is 47.5 Å². The number of halogens is 1. The van der Waals surface area contributed by atoms with Crippen LogP contribution in [0, 0.1) is 6.92 Å². The highest BCUT2D eigenvalue weighted by Crippen LogP contribution is 2.37. The van der Waals surface area contributed by atoms with Crippen molar-refractivity contribution in [1.82, 2.24) is 5.32 Å². The molecule has 0 unspecified atom stereocenters. The predicted molar refractivity (Wildman–Crippen MR) is 138 cm³/mol. The normalized spacial score (nSPS) is 11.9. The molecule has 0 radical (unpaired) electrons. The Morgan fingerprint density at radius 1 is 1.11 bits per heavy atom. The number of benzene rings is 3. The van der Waals surface area contributed by atoms with Crippen molar-refractivity contribution in [3.8, 4) is 11.5 Å². The second-order valence-electron chi connectivity index (χ2n) is 8.00. The van der Waals surface area contributed by atoms with Crippen LogP contribution in [0.15, 0.2) is 71.6 Å². The molecule has 3 rings (SSSR count). The lowest BCUT2D eigenvalue weighted by Crippen LogP contribution is -2.40. The van der Waals surface area contributed by atoms with E-state index in [1.165, 1.54) is 25.3 Å². The number of para-hydroxylation sites is 1. The summed E-state index contributed by atoms with van der Waals surface area (Å²) in [6.45, 7) is 3.08.